The van der Waals surface area contributed by atoms with Crippen LogP contribution in [0.5, 0.6) is 0 Å². The van der Waals surface area contributed by atoms with Crippen LogP contribution in [0.25, 0.3) is 5.57 Å². The Hall–Kier alpha value is -1.16. The molecule has 0 aromatic carbocycles. The molecule has 4 heteroatoms. The summed E-state index contributed by atoms with van der Waals surface area (Å²) in [6.07, 6.45) is 1.97. The number of rotatable bonds is 3. The number of hydrogen-bond donors (Lipinski definition) is 1. The average molecular weight is 139 g/mol. The van der Waals surface area contributed by atoms with Crippen LogP contribution in [0.3, 0.4) is 0 Å². The first kappa shape index (κ1) is 6.95. The predicted molar refractivity (Wildman–Crippen MR) is 37.0 cm³/mol. The van der Waals surface area contributed by atoms with E-state index in [0.29, 0.717) is 18.9 Å². The maximum Gasteiger partial charge on any atom is 0.242 e. The van der Waals surface area contributed by atoms with E-state index in [2.05, 4.69) is 16.8 Å². The van der Waals surface area contributed by atoms with E-state index in [1.807, 2.05) is 0 Å². The molecule has 10 heavy (non-hydrogen) atoms. The fraction of sp³-hybridized carbons (Fsp3) is 0.333. The maximum absolute atomic E-state index is 5.28. The molecular formula is C6H9N3O. The minimum absolute atomic E-state index is 0.477. The number of nitrogens with zero attached hydrogens (tertiary/aromatic N) is 2. The zero-order valence-electron chi connectivity index (χ0n) is 5.58. The van der Waals surface area contributed by atoms with Crippen molar-refractivity contribution in [3.63, 3.8) is 0 Å². The van der Waals surface area contributed by atoms with Crippen molar-refractivity contribution in [2.45, 2.75) is 6.42 Å². The van der Waals surface area contributed by atoms with E-state index in [1.165, 1.54) is 6.39 Å². The molecule has 0 spiro atoms. The normalized spacial score (nSPS) is 9.70. The molecule has 1 heterocycles. The van der Waals surface area contributed by atoms with Crippen LogP contribution in [0.1, 0.15) is 12.3 Å². The highest BCUT2D eigenvalue weighted by molar-refractivity contribution is 5.54. The molecule has 1 aromatic rings. The van der Waals surface area contributed by atoms with Crippen molar-refractivity contribution in [1.82, 2.24) is 10.2 Å². The molecule has 0 atom stereocenters. The highest BCUT2D eigenvalue weighted by Crippen LogP contribution is 2.10. The number of nitrogens with two attached hydrogens (primary N) is 1. The van der Waals surface area contributed by atoms with Crippen molar-refractivity contribution in [3.05, 3.63) is 18.9 Å². The minimum atomic E-state index is 0.477. The van der Waals surface area contributed by atoms with Crippen LogP contribution in [-0.4, -0.2) is 16.7 Å². The van der Waals surface area contributed by atoms with Gasteiger partial charge in [-0.05, 0) is 13.0 Å². The van der Waals surface area contributed by atoms with Crippen LogP contribution in [0.4, 0.5) is 0 Å². The van der Waals surface area contributed by atoms with Gasteiger partial charge in [0.1, 0.15) is 0 Å². The van der Waals surface area contributed by atoms with E-state index in [-0.39, 0.29) is 0 Å². The van der Waals surface area contributed by atoms with Gasteiger partial charge in [-0.15, -0.1) is 10.2 Å². The van der Waals surface area contributed by atoms with Crippen molar-refractivity contribution in [2.24, 2.45) is 5.73 Å². The molecule has 0 saturated carbocycles. The van der Waals surface area contributed by atoms with E-state index in [0.717, 1.165) is 5.57 Å². The van der Waals surface area contributed by atoms with Gasteiger partial charge in [-0.25, -0.2) is 0 Å². The molecule has 0 bridgehead atoms. The van der Waals surface area contributed by atoms with Gasteiger partial charge in [0.15, 0.2) is 0 Å². The third kappa shape index (κ3) is 1.41. The summed E-state index contributed by atoms with van der Waals surface area (Å²) in [4.78, 5) is 0. The molecule has 1 aromatic heterocycles. The molecule has 0 aliphatic heterocycles. The van der Waals surface area contributed by atoms with Gasteiger partial charge in [0, 0.05) is 5.57 Å². The van der Waals surface area contributed by atoms with E-state index >= 15 is 0 Å². The fourth-order valence-electron chi connectivity index (χ4n) is 0.608. The van der Waals surface area contributed by atoms with Gasteiger partial charge < -0.3 is 10.2 Å². The summed E-state index contributed by atoms with van der Waals surface area (Å²) >= 11 is 0. The lowest BCUT2D eigenvalue weighted by atomic mass is 10.2. The number of hydrogen-bond acceptors (Lipinski definition) is 4. The average Bonchev–Trinajstić information content (AvgIpc) is 2.38. The van der Waals surface area contributed by atoms with E-state index < -0.39 is 0 Å². The third-order valence-electron chi connectivity index (χ3n) is 1.11. The first-order valence-corrected chi connectivity index (χ1v) is 2.99. The molecule has 4 nitrogen and oxygen atoms in total. The maximum atomic E-state index is 5.28. The largest absolute Gasteiger partial charge is 0.424 e. The second kappa shape index (κ2) is 3.12. The van der Waals surface area contributed by atoms with Crippen molar-refractivity contribution in [3.8, 4) is 0 Å². The van der Waals surface area contributed by atoms with Crippen LogP contribution >= 0.6 is 0 Å². The molecule has 1 rings (SSSR count). The van der Waals surface area contributed by atoms with Gasteiger partial charge >= 0.3 is 0 Å². The standard InChI is InChI=1S/C6H9N3O/c1-5(2-3-7)6-9-8-4-10-6/h4H,1-3,7H2. The van der Waals surface area contributed by atoms with E-state index in [1.54, 1.807) is 0 Å². The zero-order valence-corrected chi connectivity index (χ0v) is 5.58. The Morgan fingerprint density at radius 1 is 1.80 bits per heavy atom. The third-order valence-corrected chi connectivity index (χ3v) is 1.11. The Bertz CT molecular complexity index is 205. The molecule has 0 unspecified atom stereocenters. The summed E-state index contributed by atoms with van der Waals surface area (Å²) < 4.78 is 4.87. The lowest BCUT2D eigenvalue weighted by Gasteiger charge is -1.93. The van der Waals surface area contributed by atoms with Crippen LogP contribution in [0.15, 0.2) is 17.4 Å². The SMILES string of the molecule is C=C(CCN)c1nnco1. The lowest BCUT2D eigenvalue weighted by molar-refractivity contribution is 0.536. The van der Waals surface area contributed by atoms with Crippen LogP contribution in [0, 0.1) is 0 Å². The highest BCUT2D eigenvalue weighted by Gasteiger charge is 2.01. The first-order chi connectivity index (χ1) is 4.84. The summed E-state index contributed by atoms with van der Waals surface area (Å²) in [6, 6.07) is 0. The Balaban J connectivity index is 2.59. The van der Waals surface area contributed by atoms with Crippen molar-refractivity contribution < 1.29 is 4.42 Å². The van der Waals surface area contributed by atoms with Crippen molar-refractivity contribution in [2.75, 3.05) is 6.54 Å². The molecular weight excluding hydrogens is 130 g/mol. The molecule has 0 fully saturated rings. The molecule has 0 aliphatic rings. The molecule has 2 N–H and O–H groups in total. The second-order valence-electron chi connectivity index (χ2n) is 1.89. The molecule has 0 aliphatic carbocycles. The monoisotopic (exact) mass is 139 g/mol. The van der Waals surface area contributed by atoms with Crippen molar-refractivity contribution in [1.29, 1.82) is 0 Å². The van der Waals surface area contributed by atoms with Gasteiger partial charge in [-0.2, -0.15) is 0 Å². The minimum Gasteiger partial charge on any atom is -0.424 e. The topological polar surface area (TPSA) is 64.9 Å². The van der Waals surface area contributed by atoms with Gasteiger partial charge in [-0.3, -0.25) is 0 Å². The smallest absolute Gasteiger partial charge is 0.242 e. The quantitative estimate of drug-likeness (QED) is 0.659. The Morgan fingerprint density at radius 3 is 3.10 bits per heavy atom. The summed E-state index contributed by atoms with van der Waals surface area (Å²) in [5.74, 6) is 0.477. The van der Waals surface area contributed by atoms with Crippen LogP contribution in [-0.2, 0) is 0 Å². The summed E-state index contributed by atoms with van der Waals surface area (Å²) in [7, 11) is 0. The lowest BCUT2D eigenvalue weighted by Crippen LogP contribution is -1.99. The molecule has 0 radical (unpaired) electrons. The van der Waals surface area contributed by atoms with Crippen LogP contribution < -0.4 is 5.73 Å². The van der Waals surface area contributed by atoms with Gasteiger partial charge in [0.25, 0.3) is 0 Å². The Kier molecular flexibility index (Phi) is 2.17. The molecule has 54 valence electrons. The Labute approximate surface area is 58.7 Å². The summed E-state index contributed by atoms with van der Waals surface area (Å²) in [5.41, 5.74) is 6.08. The Morgan fingerprint density at radius 2 is 2.60 bits per heavy atom. The van der Waals surface area contributed by atoms with Gasteiger partial charge in [-0.1, -0.05) is 6.58 Å². The molecule has 0 saturated heterocycles. The molecule has 0 amide bonds. The number of aromatic nitrogens is 2. The summed E-state index contributed by atoms with van der Waals surface area (Å²) in [6.45, 7) is 4.27. The predicted octanol–water partition coefficient (Wildman–Crippen LogP) is 0.432. The van der Waals surface area contributed by atoms with Gasteiger partial charge in [0.2, 0.25) is 12.3 Å². The second-order valence-corrected chi connectivity index (χ2v) is 1.89. The van der Waals surface area contributed by atoms with Gasteiger partial charge in [0.05, 0.1) is 0 Å². The summed E-state index contributed by atoms with van der Waals surface area (Å²) in [5, 5.41) is 7.17. The first-order valence-electron chi connectivity index (χ1n) is 2.99. The van der Waals surface area contributed by atoms with E-state index in [4.69, 9.17) is 10.2 Å². The highest BCUT2D eigenvalue weighted by atomic mass is 16.4. The van der Waals surface area contributed by atoms with Crippen molar-refractivity contribution >= 4 is 5.57 Å². The fourth-order valence-corrected chi connectivity index (χ4v) is 0.608. The zero-order chi connectivity index (χ0) is 7.40. The van der Waals surface area contributed by atoms with E-state index in [9.17, 15) is 0 Å². The van der Waals surface area contributed by atoms with Crippen LogP contribution in [0.2, 0.25) is 0 Å².